The molecule has 2 amide bonds. The maximum absolute atomic E-state index is 14.2. The molecule has 0 aliphatic rings. The van der Waals surface area contributed by atoms with Gasteiger partial charge in [-0.2, -0.15) is 0 Å². The van der Waals surface area contributed by atoms with Crippen LogP contribution in [0.5, 0.6) is 0 Å². The fourth-order valence-electron chi connectivity index (χ4n) is 4.28. The van der Waals surface area contributed by atoms with Crippen LogP contribution in [0.25, 0.3) is 0 Å². The van der Waals surface area contributed by atoms with E-state index >= 15 is 0 Å². The lowest BCUT2D eigenvalue weighted by molar-refractivity contribution is -0.140. The second kappa shape index (κ2) is 14.6. The average Bonchev–Trinajstić information content (AvgIpc) is 2.94. The fraction of sp³-hybridized carbons (Fsp3) is 0.355. The lowest BCUT2D eigenvalue weighted by Crippen LogP contribution is -2.52. The number of halogens is 3. The van der Waals surface area contributed by atoms with Crippen molar-refractivity contribution in [1.82, 2.24) is 10.2 Å². The number of carbonyl (C=O) groups excluding carboxylic acids is 2. The van der Waals surface area contributed by atoms with Crippen molar-refractivity contribution >= 4 is 62.3 Å². The van der Waals surface area contributed by atoms with Crippen molar-refractivity contribution in [3.8, 4) is 0 Å². The average molecular weight is 653 g/mol. The van der Waals surface area contributed by atoms with Crippen LogP contribution in [0.2, 0.25) is 15.1 Å². The van der Waals surface area contributed by atoms with Gasteiger partial charge in [-0.1, -0.05) is 85.4 Å². The van der Waals surface area contributed by atoms with Gasteiger partial charge in [0.05, 0.1) is 20.6 Å². The summed E-state index contributed by atoms with van der Waals surface area (Å²) in [4.78, 5) is 28.9. The van der Waals surface area contributed by atoms with Crippen LogP contribution in [0.4, 0.5) is 5.69 Å². The third-order valence-corrected chi connectivity index (χ3v) is 9.67. The SMILES string of the molecule is CC[C@H](C(=O)NCC(C)C)N(Cc1ccc(Cl)c(Cl)c1)C(=O)CN(c1ccc(C)c(Cl)c1)S(=O)(=O)c1ccc(C)cc1. The monoisotopic (exact) mass is 651 g/mol. The van der Waals surface area contributed by atoms with Gasteiger partial charge in [0.1, 0.15) is 12.6 Å². The maximum Gasteiger partial charge on any atom is 0.264 e. The minimum absolute atomic E-state index is 0.0103. The number of anilines is 1. The summed E-state index contributed by atoms with van der Waals surface area (Å²) >= 11 is 18.8. The number of nitrogens with zero attached hydrogens (tertiary/aromatic N) is 2. The highest BCUT2D eigenvalue weighted by atomic mass is 35.5. The first-order chi connectivity index (χ1) is 19.7. The largest absolute Gasteiger partial charge is 0.354 e. The molecule has 0 heterocycles. The Morgan fingerprint density at radius 2 is 1.55 bits per heavy atom. The number of hydrogen-bond acceptors (Lipinski definition) is 4. The number of carbonyl (C=O) groups is 2. The van der Waals surface area contributed by atoms with Crippen molar-refractivity contribution < 1.29 is 18.0 Å². The van der Waals surface area contributed by atoms with E-state index in [2.05, 4.69) is 5.32 Å². The van der Waals surface area contributed by atoms with Crippen molar-refractivity contribution in [3.05, 3.63) is 92.4 Å². The molecule has 0 bridgehead atoms. The minimum atomic E-state index is -4.20. The van der Waals surface area contributed by atoms with Gasteiger partial charge in [-0.25, -0.2) is 8.42 Å². The Balaban J connectivity index is 2.09. The van der Waals surface area contributed by atoms with Gasteiger partial charge >= 0.3 is 0 Å². The predicted molar refractivity (Wildman–Crippen MR) is 171 cm³/mol. The summed E-state index contributed by atoms with van der Waals surface area (Å²) in [5.74, 6) is -0.696. The van der Waals surface area contributed by atoms with E-state index in [9.17, 15) is 18.0 Å². The van der Waals surface area contributed by atoms with E-state index < -0.39 is 28.5 Å². The highest BCUT2D eigenvalue weighted by Crippen LogP contribution is 2.29. The normalized spacial score (nSPS) is 12.2. The van der Waals surface area contributed by atoms with E-state index in [1.807, 2.05) is 20.8 Å². The Hall–Kier alpha value is -2.78. The van der Waals surface area contributed by atoms with Crippen LogP contribution in [0, 0.1) is 19.8 Å². The predicted octanol–water partition coefficient (Wildman–Crippen LogP) is 7.04. The van der Waals surface area contributed by atoms with Gasteiger partial charge in [0.2, 0.25) is 11.8 Å². The Bertz CT molecular complexity index is 1530. The Kier molecular flexibility index (Phi) is 11.7. The van der Waals surface area contributed by atoms with Crippen LogP contribution < -0.4 is 9.62 Å². The summed E-state index contributed by atoms with van der Waals surface area (Å²) in [6.07, 6.45) is 0.304. The molecule has 0 aromatic heterocycles. The lowest BCUT2D eigenvalue weighted by Gasteiger charge is -2.33. The van der Waals surface area contributed by atoms with Gasteiger partial charge in [0.15, 0.2) is 0 Å². The summed E-state index contributed by atoms with van der Waals surface area (Å²) in [5, 5.41) is 3.92. The van der Waals surface area contributed by atoms with Crippen LogP contribution >= 0.6 is 34.8 Å². The molecule has 0 unspecified atom stereocenters. The summed E-state index contributed by atoms with van der Waals surface area (Å²) in [6, 6.07) is 15.3. The molecule has 0 spiro atoms. The van der Waals surface area contributed by atoms with Crippen LogP contribution in [0.3, 0.4) is 0 Å². The first-order valence-electron chi connectivity index (χ1n) is 13.6. The van der Waals surface area contributed by atoms with E-state index in [4.69, 9.17) is 34.8 Å². The number of amides is 2. The van der Waals surface area contributed by atoms with Gasteiger partial charge in [-0.3, -0.25) is 13.9 Å². The highest BCUT2D eigenvalue weighted by molar-refractivity contribution is 7.92. The second-order valence-electron chi connectivity index (χ2n) is 10.6. The topological polar surface area (TPSA) is 86.8 Å². The van der Waals surface area contributed by atoms with Crippen molar-refractivity contribution in [2.45, 2.75) is 58.5 Å². The Morgan fingerprint density at radius 1 is 0.881 bits per heavy atom. The van der Waals surface area contributed by atoms with Gasteiger partial charge in [-0.15, -0.1) is 0 Å². The zero-order valence-corrected chi connectivity index (χ0v) is 27.4. The van der Waals surface area contributed by atoms with E-state index in [0.717, 1.165) is 15.4 Å². The van der Waals surface area contributed by atoms with E-state index in [0.29, 0.717) is 33.6 Å². The number of rotatable bonds is 12. The smallest absolute Gasteiger partial charge is 0.264 e. The molecule has 1 N–H and O–H groups in total. The second-order valence-corrected chi connectivity index (χ2v) is 13.7. The van der Waals surface area contributed by atoms with Crippen molar-refractivity contribution in [1.29, 1.82) is 0 Å². The molecular formula is C31H36Cl3N3O4S. The minimum Gasteiger partial charge on any atom is -0.354 e. The number of nitrogens with one attached hydrogen (secondary N) is 1. The van der Waals surface area contributed by atoms with Gasteiger partial charge < -0.3 is 10.2 Å². The summed E-state index contributed by atoms with van der Waals surface area (Å²) < 4.78 is 29.0. The molecule has 0 saturated carbocycles. The number of benzene rings is 3. The van der Waals surface area contributed by atoms with Crippen molar-refractivity contribution in [2.75, 3.05) is 17.4 Å². The third-order valence-electron chi connectivity index (χ3n) is 6.74. The van der Waals surface area contributed by atoms with Gasteiger partial charge in [-0.05, 0) is 73.7 Å². The molecule has 0 fully saturated rings. The molecule has 1 atom stereocenters. The zero-order valence-electron chi connectivity index (χ0n) is 24.3. The molecule has 0 aliphatic carbocycles. The summed E-state index contributed by atoms with van der Waals surface area (Å²) in [7, 11) is -4.20. The maximum atomic E-state index is 14.2. The van der Waals surface area contributed by atoms with Crippen LogP contribution in [-0.4, -0.2) is 44.3 Å². The third kappa shape index (κ3) is 8.40. The molecule has 11 heteroatoms. The van der Waals surface area contributed by atoms with Gasteiger partial charge in [0, 0.05) is 18.1 Å². The summed E-state index contributed by atoms with van der Waals surface area (Å²) in [5.41, 5.74) is 2.51. The lowest BCUT2D eigenvalue weighted by atomic mass is 10.1. The molecule has 42 heavy (non-hydrogen) atoms. The van der Waals surface area contributed by atoms with Crippen LogP contribution in [-0.2, 0) is 26.2 Å². The summed E-state index contributed by atoms with van der Waals surface area (Å²) in [6.45, 7) is 9.28. The standard InChI is InChI=1S/C31H36Cl3N3O4S/c1-6-29(31(39)35-17-20(2)3)36(18-23-10-14-26(32)28(34)15-23)30(38)19-37(24-11-9-22(5)27(33)16-24)42(40,41)25-12-7-21(4)8-13-25/h7-16,20,29H,6,17-19H2,1-5H3,(H,35,39)/t29-/m1/s1. The first kappa shape index (κ1) is 33.7. The Labute approximate surface area is 263 Å². The number of hydrogen-bond donors (Lipinski definition) is 1. The molecule has 3 rings (SSSR count). The molecule has 0 radical (unpaired) electrons. The van der Waals surface area contributed by atoms with E-state index in [1.165, 1.54) is 23.1 Å². The molecule has 0 aliphatic heterocycles. The molecule has 226 valence electrons. The van der Waals surface area contributed by atoms with E-state index in [-0.39, 0.29) is 29.0 Å². The molecule has 3 aromatic carbocycles. The first-order valence-corrected chi connectivity index (χ1v) is 16.2. The Morgan fingerprint density at radius 3 is 2.12 bits per heavy atom. The van der Waals surface area contributed by atoms with E-state index in [1.54, 1.807) is 56.3 Å². The van der Waals surface area contributed by atoms with Crippen LogP contribution in [0.1, 0.15) is 43.9 Å². The highest BCUT2D eigenvalue weighted by Gasteiger charge is 2.34. The zero-order chi connectivity index (χ0) is 31.2. The molecular weight excluding hydrogens is 617 g/mol. The molecule has 7 nitrogen and oxygen atoms in total. The van der Waals surface area contributed by atoms with Crippen LogP contribution in [0.15, 0.2) is 65.6 Å². The number of sulfonamides is 1. The number of aryl methyl sites for hydroxylation is 2. The van der Waals surface area contributed by atoms with Crippen molar-refractivity contribution in [3.63, 3.8) is 0 Å². The molecule has 0 saturated heterocycles. The van der Waals surface area contributed by atoms with Gasteiger partial charge in [0.25, 0.3) is 10.0 Å². The molecule has 3 aromatic rings. The fourth-order valence-corrected chi connectivity index (χ4v) is 6.18. The van der Waals surface area contributed by atoms with Crippen molar-refractivity contribution in [2.24, 2.45) is 5.92 Å². The quantitative estimate of drug-likeness (QED) is 0.227.